The molecule has 4 heteroatoms. The van der Waals surface area contributed by atoms with Crippen LogP contribution in [0.15, 0.2) is 83.5 Å². The van der Waals surface area contributed by atoms with Crippen LogP contribution in [0, 0.1) is 0 Å². The van der Waals surface area contributed by atoms with Crippen LogP contribution in [0.1, 0.15) is 12.5 Å². The van der Waals surface area contributed by atoms with E-state index < -0.39 is 0 Å². The van der Waals surface area contributed by atoms with Crippen LogP contribution in [0.2, 0.25) is 0 Å². The van der Waals surface area contributed by atoms with Crippen molar-refractivity contribution in [2.24, 2.45) is 5.10 Å². The van der Waals surface area contributed by atoms with Crippen LogP contribution in [-0.4, -0.2) is 18.7 Å². The summed E-state index contributed by atoms with van der Waals surface area (Å²) in [6, 6.07) is 24.0. The second kappa shape index (κ2) is 8.62. The third kappa shape index (κ3) is 4.80. The SMILES string of the molecule is CC(/C=N/NC(=O)CNc1cccc2ccccc12)=C\c1ccccc1. The quantitative estimate of drug-likeness (QED) is 0.513. The smallest absolute Gasteiger partial charge is 0.259 e. The zero-order valence-electron chi connectivity index (χ0n) is 14.6. The van der Waals surface area contributed by atoms with Gasteiger partial charge in [0.05, 0.1) is 12.8 Å². The number of allylic oxidation sites excluding steroid dienone is 1. The molecule has 0 fully saturated rings. The summed E-state index contributed by atoms with van der Waals surface area (Å²) >= 11 is 0. The largest absolute Gasteiger partial charge is 0.376 e. The van der Waals surface area contributed by atoms with Crippen LogP contribution in [0.4, 0.5) is 5.69 Å². The van der Waals surface area contributed by atoms with Gasteiger partial charge in [-0.2, -0.15) is 5.10 Å². The van der Waals surface area contributed by atoms with Gasteiger partial charge in [-0.05, 0) is 29.5 Å². The van der Waals surface area contributed by atoms with Crippen molar-refractivity contribution in [3.05, 3.63) is 83.9 Å². The minimum atomic E-state index is -0.193. The maximum absolute atomic E-state index is 12.0. The second-order valence-corrected chi connectivity index (χ2v) is 5.97. The van der Waals surface area contributed by atoms with Gasteiger partial charge in [0.15, 0.2) is 0 Å². The normalized spacial score (nSPS) is 11.7. The van der Waals surface area contributed by atoms with Crippen molar-refractivity contribution in [3.8, 4) is 0 Å². The molecule has 0 spiro atoms. The number of amides is 1. The van der Waals surface area contributed by atoms with E-state index in [1.807, 2.05) is 85.8 Å². The molecule has 130 valence electrons. The van der Waals surface area contributed by atoms with Gasteiger partial charge in [0.1, 0.15) is 0 Å². The van der Waals surface area contributed by atoms with Crippen LogP contribution in [0.3, 0.4) is 0 Å². The van der Waals surface area contributed by atoms with Crippen molar-refractivity contribution in [1.82, 2.24) is 5.43 Å². The lowest BCUT2D eigenvalue weighted by Gasteiger charge is -2.08. The number of hydrazone groups is 1. The van der Waals surface area contributed by atoms with Gasteiger partial charge in [-0.15, -0.1) is 0 Å². The molecule has 0 aliphatic heterocycles. The number of fused-ring (bicyclic) bond motifs is 1. The number of benzene rings is 3. The van der Waals surface area contributed by atoms with Crippen LogP contribution >= 0.6 is 0 Å². The standard InChI is InChI=1S/C22H21N3O/c1-17(14-18-8-3-2-4-9-18)15-24-25-22(26)16-23-21-13-7-11-19-10-5-6-12-20(19)21/h2-15,23H,16H2,1H3,(H,25,26)/b17-14+,24-15+. The third-order valence-electron chi connectivity index (χ3n) is 3.88. The first-order chi connectivity index (χ1) is 12.7. The fourth-order valence-corrected chi connectivity index (χ4v) is 2.65. The Bertz CT molecular complexity index is 941. The van der Waals surface area contributed by atoms with Crippen molar-refractivity contribution < 1.29 is 4.79 Å². The zero-order valence-corrected chi connectivity index (χ0v) is 14.6. The maximum atomic E-state index is 12.0. The number of anilines is 1. The summed E-state index contributed by atoms with van der Waals surface area (Å²) in [5.74, 6) is -0.193. The van der Waals surface area contributed by atoms with Crippen LogP contribution in [-0.2, 0) is 4.79 Å². The summed E-state index contributed by atoms with van der Waals surface area (Å²) < 4.78 is 0. The lowest BCUT2D eigenvalue weighted by Crippen LogP contribution is -2.25. The Hall–Kier alpha value is -3.40. The van der Waals surface area contributed by atoms with E-state index in [0.717, 1.165) is 27.6 Å². The number of hydrogen-bond donors (Lipinski definition) is 2. The average molecular weight is 343 g/mol. The van der Waals surface area contributed by atoms with E-state index >= 15 is 0 Å². The van der Waals surface area contributed by atoms with Gasteiger partial charge in [0, 0.05) is 11.1 Å². The number of nitrogens with one attached hydrogen (secondary N) is 2. The maximum Gasteiger partial charge on any atom is 0.259 e. The Morgan fingerprint density at radius 2 is 1.69 bits per heavy atom. The van der Waals surface area contributed by atoms with E-state index in [-0.39, 0.29) is 12.5 Å². The lowest BCUT2D eigenvalue weighted by atomic mass is 10.1. The van der Waals surface area contributed by atoms with Crippen molar-refractivity contribution in [1.29, 1.82) is 0 Å². The van der Waals surface area contributed by atoms with Crippen molar-refractivity contribution in [2.75, 3.05) is 11.9 Å². The third-order valence-corrected chi connectivity index (χ3v) is 3.88. The molecule has 0 atom stereocenters. The van der Waals surface area contributed by atoms with Gasteiger partial charge in [-0.25, -0.2) is 5.43 Å². The van der Waals surface area contributed by atoms with E-state index in [1.54, 1.807) is 6.21 Å². The molecule has 0 aromatic heterocycles. The molecule has 0 heterocycles. The van der Waals surface area contributed by atoms with E-state index in [4.69, 9.17) is 0 Å². The Balaban J connectivity index is 1.53. The summed E-state index contributed by atoms with van der Waals surface area (Å²) in [4.78, 5) is 12.0. The molecule has 4 nitrogen and oxygen atoms in total. The second-order valence-electron chi connectivity index (χ2n) is 5.97. The summed E-state index contributed by atoms with van der Waals surface area (Å²) in [6.07, 6.45) is 3.65. The Labute approximate surface area is 153 Å². The van der Waals surface area contributed by atoms with Crippen LogP contribution in [0.25, 0.3) is 16.8 Å². The average Bonchev–Trinajstić information content (AvgIpc) is 2.67. The Morgan fingerprint density at radius 1 is 0.962 bits per heavy atom. The molecule has 0 aliphatic rings. The molecule has 0 unspecified atom stereocenters. The van der Waals surface area contributed by atoms with Gasteiger partial charge < -0.3 is 5.32 Å². The first-order valence-electron chi connectivity index (χ1n) is 8.49. The molecule has 26 heavy (non-hydrogen) atoms. The molecule has 3 aromatic rings. The van der Waals surface area contributed by atoms with Gasteiger partial charge in [-0.1, -0.05) is 72.8 Å². The van der Waals surface area contributed by atoms with Crippen molar-refractivity contribution in [3.63, 3.8) is 0 Å². The molecule has 0 aliphatic carbocycles. The highest BCUT2D eigenvalue weighted by Gasteiger charge is 2.02. The summed E-state index contributed by atoms with van der Waals surface area (Å²) in [5.41, 5.74) is 5.53. The Morgan fingerprint density at radius 3 is 2.54 bits per heavy atom. The molecule has 1 amide bonds. The van der Waals surface area contributed by atoms with E-state index in [2.05, 4.69) is 15.8 Å². The zero-order chi connectivity index (χ0) is 18.2. The topological polar surface area (TPSA) is 53.5 Å². The van der Waals surface area contributed by atoms with E-state index in [0.29, 0.717) is 0 Å². The fraction of sp³-hybridized carbons (Fsp3) is 0.0909. The minimum absolute atomic E-state index is 0.160. The highest BCUT2D eigenvalue weighted by molar-refractivity contribution is 5.95. The number of carbonyl (C=O) groups is 1. The molecule has 0 bridgehead atoms. The van der Waals surface area contributed by atoms with Crippen molar-refractivity contribution >= 4 is 34.7 Å². The van der Waals surface area contributed by atoms with E-state index in [1.165, 1.54) is 0 Å². The molecular formula is C22H21N3O. The number of carbonyl (C=O) groups excluding carboxylic acids is 1. The number of hydrogen-bond acceptors (Lipinski definition) is 3. The lowest BCUT2D eigenvalue weighted by molar-refractivity contribution is -0.119. The first-order valence-corrected chi connectivity index (χ1v) is 8.49. The molecule has 0 saturated carbocycles. The molecule has 3 aromatic carbocycles. The van der Waals surface area contributed by atoms with Gasteiger partial charge in [-0.3, -0.25) is 4.79 Å². The monoisotopic (exact) mass is 343 g/mol. The number of nitrogens with zero attached hydrogens (tertiary/aromatic N) is 1. The van der Waals surface area contributed by atoms with Gasteiger partial charge in [0.2, 0.25) is 0 Å². The van der Waals surface area contributed by atoms with Gasteiger partial charge >= 0.3 is 0 Å². The van der Waals surface area contributed by atoms with Crippen LogP contribution < -0.4 is 10.7 Å². The number of rotatable bonds is 6. The predicted molar refractivity (Wildman–Crippen MR) is 109 cm³/mol. The molecular weight excluding hydrogens is 322 g/mol. The first kappa shape index (κ1) is 17.4. The fourth-order valence-electron chi connectivity index (χ4n) is 2.65. The van der Waals surface area contributed by atoms with Crippen molar-refractivity contribution in [2.45, 2.75) is 6.92 Å². The predicted octanol–water partition coefficient (Wildman–Crippen LogP) is 4.46. The summed E-state index contributed by atoms with van der Waals surface area (Å²) in [5, 5.41) is 9.40. The molecule has 2 N–H and O–H groups in total. The highest BCUT2D eigenvalue weighted by atomic mass is 16.2. The summed E-state index contributed by atoms with van der Waals surface area (Å²) in [6.45, 7) is 2.10. The van der Waals surface area contributed by atoms with E-state index in [9.17, 15) is 4.79 Å². The summed E-state index contributed by atoms with van der Waals surface area (Å²) in [7, 11) is 0. The molecule has 0 radical (unpaired) electrons. The highest BCUT2D eigenvalue weighted by Crippen LogP contribution is 2.22. The Kier molecular flexibility index (Phi) is 5.78. The molecule has 3 rings (SSSR count). The minimum Gasteiger partial charge on any atom is -0.376 e. The molecule has 0 saturated heterocycles. The van der Waals surface area contributed by atoms with Crippen LogP contribution in [0.5, 0.6) is 0 Å². The van der Waals surface area contributed by atoms with Gasteiger partial charge in [0.25, 0.3) is 5.91 Å².